The zero-order valence-corrected chi connectivity index (χ0v) is 23.6. The van der Waals surface area contributed by atoms with E-state index < -0.39 is 21.9 Å². The topological polar surface area (TPSA) is 88.4 Å². The van der Waals surface area contributed by atoms with Gasteiger partial charge in [0.05, 0.1) is 27.4 Å². The van der Waals surface area contributed by atoms with Crippen molar-refractivity contribution in [3.8, 4) is 0 Å². The molecule has 1 aliphatic heterocycles. The first-order valence-corrected chi connectivity index (χ1v) is 14.8. The maximum atomic E-state index is 14.1. The van der Waals surface area contributed by atoms with Gasteiger partial charge in [-0.15, -0.1) is 0 Å². The Labute approximate surface area is 229 Å². The molecule has 2 aromatic heterocycles. The number of anilines is 1. The molecule has 2 aromatic carbocycles. The Morgan fingerprint density at radius 1 is 1.18 bits per heavy atom. The number of halogens is 2. The molecule has 0 radical (unpaired) electrons. The normalized spacial score (nSPS) is 16.4. The fourth-order valence-electron chi connectivity index (χ4n) is 4.85. The molecule has 12 heteroatoms. The van der Waals surface area contributed by atoms with Crippen LogP contribution in [0.25, 0.3) is 10.2 Å². The van der Waals surface area contributed by atoms with Gasteiger partial charge in [0.15, 0.2) is 5.13 Å². The van der Waals surface area contributed by atoms with Gasteiger partial charge < -0.3 is 0 Å². The second-order valence-electron chi connectivity index (χ2n) is 9.43. The largest absolute Gasteiger partial charge is 0.285 e. The minimum atomic E-state index is -4.01. The summed E-state index contributed by atoms with van der Waals surface area (Å²) in [4.78, 5) is 20.4. The van der Waals surface area contributed by atoms with Crippen LogP contribution in [0.5, 0.6) is 0 Å². The summed E-state index contributed by atoms with van der Waals surface area (Å²) in [5.74, 6) is -0.878. The number of rotatable bonds is 7. The number of hydrogen-bond acceptors (Lipinski definition) is 6. The fraction of sp³-hybridized carbons (Fsp3) is 0.346. The summed E-state index contributed by atoms with van der Waals surface area (Å²) < 4.78 is 44.3. The van der Waals surface area contributed by atoms with Crippen LogP contribution in [0, 0.1) is 26.6 Å². The van der Waals surface area contributed by atoms with Gasteiger partial charge in [0, 0.05) is 23.8 Å². The van der Waals surface area contributed by atoms with Crippen molar-refractivity contribution in [3.63, 3.8) is 0 Å². The molecule has 5 rings (SSSR count). The Hall–Kier alpha value is -2.86. The van der Waals surface area contributed by atoms with Crippen LogP contribution < -0.4 is 4.90 Å². The summed E-state index contributed by atoms with van der Waals surface area (Å²) in [6.07, 6.45) is 0.919. The Bertz CT molecular complexity index is 1620. The summed E-state index contributed by atoms with van der Waals surface area (Å²) >= 11 is 7.61. The molecule has 38 heavy (non-hydrogen) atoms. The number of benzene rings is 2. The van der Waals surface area contributed by atoms with Gasteiger partial charge in [-0.2, -0.15) is 9.40 Å². The summed E-state index contributed by atoms with van der Waals surface area (Å²) in [7, 11) is -4.01. The van der Waals surface area contributed by atoms with Gasteiger partial charge in [-0.05, 0) is 81.6 Å². The standard InChI is InChI=1S/C26H27ClFN5O3S2/c1-16-13-19(27)15-23-24(16)29-26(37-23)31(11-12-32-18(3)14-17(2)30-32)25(34)22-5-4-10-33(22)38(35,36)21-8-6-20(28)7-9-21/h6-9,13-15,22H,4-5,10-12H2,1-3H3. The van der Waals surface area contributed by atoms with Crippen LogP contribution in [0.2, 0.25) is 5.02 Å². The van der Waals surface area contributed by atoms with Crippen LogP contribution in [0.3, 0.4) is 0 Å². The Morgan fingerprint density at radius 2 is 1.92 bits per heavy atom. The molecule has 1 fully saturated rings. The molecular formula is C26H27ClFN5O3S2. The predicted molar refractivity (Wildman–Crippen MR) is 147 cm³/mol. The van der Waals surface area contributed by atoms with Crippen molar-refractivity contribution in [2.24, 2.45) is 0 Å². The minimum Gasteiger partial charge on any atom is -0.285 e. The van der Waals surface area contributed by atoms with Gasteiger partial charge in [-0.1, -0.05) is 22.9 Å². The maximum Gasteiger partial charge on any atom is 0.247 e. The monoisotopic (exact) mass is 575 g/mol. The molecule has 1 saturated heterocycles. The lowest BCUT2D eigenvalue weighted by Crippen LogP contribution is -2.48. The van der Waals surface area contributed by atoms with Crippen LogP contribution in [-0.2, 0) is 21.4 Å². The zero-order valence-electron chi connectivity index (χ0n) is 21.2. The van der Waals surface area contributed by atoms with Gasteiger partial charge in [-0.25, -0.2) is 17.8 Å². The quantitative estimate of drug-likeness (QED) is 0.306. The van der Waals surface area contributed by atoms with Crippen molar-refractivity contribution in [1.29, 1.82) is 0 Å². The Kier molecular flexibility index (Phi) is 7.29. The average molecular weight is 576 g/mol. The van der Waals surface area contributed by atoms with E-state index in [9.17, 15) is 17.6 Å². The number of amides is 1. The predicted octanol–water partition coefficient (Wildman–Crippen LogP) is 5.10. The number of nitrogens with zero attached hydrogens (tertiary/aromatic N) is 5. The summed E-state index contributed by atoms with van der Waals surface area (Å²) in [6, 6.07) is 9.37. The first kappa shape index (κ1) is 26.7. The number of carbonyl (C=O) groups excluding carboxylic acids is 1. The van der Waals surface area contributed by atoms with Gasteiger partial charge in [0.2, 0.25) is 15.9 Å². The van der Waals surface area contributed by atoms with Crippen molar-refractivity contribution in [1.82, 2.24) is 19.1 Å². The first-order chi connectivity index (χ1) is 18.0. The molecule has 3 heterocycles. The third-order valence-corrected chi connectivity index (χ3v) is 9.85. The first-order valence-electron chi connectivity index (χ1n) is 12.2. The highest BCUT2D eigenvalue weighted by atomic mass is 35.5. The van der Waals surface area contributed by atoms with E-state index in [-0.39, 0.29) is 23.9 Å². The minimum absolute atomic E-state index is 0.0435. The SMILES string of the molecule is Cc1cc(C)n(CCN(C(=O)C2CCCN2S(=O)(=O)c2ccc(F)cc2)c2nc3c(C)cc(Cl)cc3s2)n1. The highest BCUT2D eigenvalue weighted by molar-refractivity contribution is 7.89. The lowest BCUT2D eigenvalue weighted by Gasteiger charge is -2.28. The number of hydrogen-bond donors (Lipinski definition) is 0. The van der Waals surface area contributed by atoms with Crippen LogP contribution in [0.1, 0.15) is 29.8 Å². The molecule has 8 nitrogen and oxygen atoms in total. The van der Waals surface area contributed by atoms with E-state index in [4.69, 9.17) is 16.6 Å². The van der Waals surface area contributed by atoms with Crippen molar-refractivity contribution >= 4 is 54.2 Å². The Morgan fingerprint density at radius 3 is 2.61 bits per heavy atom. The van der Waals surface area contributed by atoms with Crippen molar-refractivity contribution in [2.45, 2.75) is 51.1 Å². The van der Waals surface area contributed by atoms with Crippen LogP contribution >= 0.6 is 22.9 Å². The number of thiazole rings is 1. The molecule has 1 atom stereocenters. The van der Waals surface area contributed by atoms with Gasteiger partial charge in [0.25, 0.3) is 0 Å². The zero-order chi connectivity index (χ0) is 27.2. The van der Waals surface area contributed by atoms with Crippen LogP contribution in [0.15, 0.2) is 47.4 Å². The number of carbonyl (C=O) groups is 1. The maximum absolute atomic E-state index is 14.1. The van der Waals surface area contributed by atoms with E-state index in [2.05, 4.69) is 5.10 Å². The third-order valence-electron chi connectivity index (χ3n) is 6.68. The summed E-state index contributed by atoms with van der Waals surface area (Å²) in [5, 5.41) is 5.57. The number of aromatic nitrogens is 3. The van der Waals surface area contributed by atoms with E-state index in [1.54, 1.807) is 4.90 Å². The molecule has 0 aliphatic carbocycles. The van der Waals surface area contributed by atoms with Gasteiger partial charge in [0.1, 0.15) is 11.9 Å². The highest BCUT2D eigenvalue weighted by Crippen LogP contribution is 2.35. The van der Waals surface area contributed by atoms with E-state index in [0.29, 0.717) is 29.5 Å². The van der Waals surface area contributed by atoms with Crippen LogP contribution in [-0.4, -0.2) is 52.5 Å². The lowest BCUT2D eigenvalue weighted by molar-refractivity contribution is -0.121. The molecule has 1 aliphatic rings. The highest BCUT2D eigenvalue weighted by Gasteiger charge is 2.42. The molecule has 0 spiro atoms. The molecule has 4 aromatic rings. The molecule has 0 bridgehead atoms. The number of aryl methyl sites for hydroxylation is 3. The van der Waals surface area contributed by atoms with Crippen LogP contribution in [0.4, 0.5) is 9.52 Å². The van der Waals surface area contributed by atoms with E-state index >= 15 is 0 Å². The number of sulfonamides is 1. The molecular weight excluding hydrogens is 549 g/mol. The smallest absolute Gasteiger partial charge is 0.247 e. The Balaban J connectivity index is 1.51. The lowest BCUT2D eigenvalue weighted by atomic mass is 10.2. The van der Waals surface area contributed by atoms with E-state index in [1.807, 2.05) is 43.7 Å². The number of fused-ring (bicyclic) bond motifs is 1. The molecule has 1 amide bonds. The fourth-order valence-corrected chi connectivity index (χ4v) is 7.95. The van der Waals surface area contributed by atoms with E-state index in [0.717, 1.165) is 39.3 Å². The van der Waals surface area contributed by atoms with Crippen molar-refractivity contribution in [2.75, 3.05) is 18.0 Å². The van der Waals surface area contributed by atoms with Crippen molar-refractivity contribution < 1.29 is 17.6 Å². The molecule has 0 N–H and O–H groups in total. The van der Waals surface area contributed by atoms with Crippen molar-refractivity contribution in [3.05, 3.63) is 70.3 Å². The molecule has 200 valence electrons. The second kappa shape index (κ2) is 10.4. The second-order valence-corrected chi connectivity index (χ2v) is 12.8. The van der Waals surface area contributed by atoms with Gasteiger partial charge >= 0.3 is 0 Å². The summed E-state index contributed by atoms with van der Waals surface area (Å²) in [5.41, 5.74) is 3.48. The van der Waals surface area contributed by atoms with Gasteiger partial charge in [-0.3, -0.25) is 14.4 Å². The summed E-state index contributed by atoms with van der Waals surface area (Å²) in [6.45, 7) is 6.64. The van der Waals surface area contributed by atoms with E-state index in [1.165, 1.54) is 27.8 Å². The average Bonchev–Trinajstić information content (AvgIpc) is 3.58. The molecule has 1 unspecified atom stereocenters. The third kappa shape index (κ3) is 5.07. The molecule has 0 saturated carbocycles.